The molecule has 1 aromatic carbocycles. The highest BCUT2D eigenvalue weighted by Gasteiger charge is 2.10. The zero-order chi connectivity index (χ0) is 14.7. The summed E-state index contributed by atoms with van der Waals surface area (Å²) in [6.45, 7) is 0.602. The van der Waals surface area contributed by atoms with Gasteiger partial charge in [0, 0.05) is 27.8 Å². The van der Waals surface area contributed by atoms with Gasteiger partial charge in [-0.1, -0.05) is 12.1 Å². The number of thiophene rings is 1. The largest absolute Gasteiger partial charge is 0.507 e. The topological polar surface area (TPSA) is 55.2 Å². The highest BCUT2D eigenvalue weighted by Crippen LogP contribution is 2.37. The fourth-order valence-electron chi connectivity index (χ4n) is 1.92. The molecule has 3 rings (SSSR count). The van der Waals surface area contributed by atoms with Crippen LogP contribution in [-0.4, -0.2) is 33.7 Å². The van der Waals surface area contributed by atoms with Crippen molar-refractivity contribution >= 4 is 33.3 Å². The average molecular weight is 318 g/mol. The van der Waals surface area contributed by atoms with E-state index in [1.165, 1.54) is 11.3 Å². The lowest BCUT2D eigenvalue weighted by molar-refractivity contribution is 0.317. The van der Waals surface area contributed by atoms with Gasteiger partial charge < -0.3 is 9.84 Å². The van der Waals surface area contributed by atoms with E-state index < -0.39 is 0 Å². The molecule has 0 aliphatic heterocycles. The lowest BCUT2D eigenvalue weighted by atomic mass is 10.1. The second-order valence-corrected chi connectivity index (χ2v) is 6.40. The van der Waals surface area contributed by atoms with Crippen LogP contribution in [0, 0.1) is 0 Å². The number of aromatic hydroxyl groups is 1. The minimum Gasteiger partial charge on any atom is -0.507 e. The van der Waals surface area contributed by atoms with Crippen molar-refractivity contribution in [3.05, 3.63) is 36.5 Å². The summed E-state index contributed by atoms with van der Waals surface area (Å²) < 4.78 is 5.51. The minimum atomic E-state index is 0.272. The van der Waals surface area contributed by atoms with Crippen LogP contribution in [0.25, 0.3) is 20.7 Å². The van der Waals surface area contributed by atoms with E-state index in [1.807, 2.05) is 30.5 Å². The number of ether oxygens (including phenoxy) is 1. The van der Waals surface area contributed by atoms with Gasteiger partial charge in [-0.25, -0.2) is 4.98 Å². The van der Waals surface area contributed by atoms with E-state index in [-0.39, 0.29) is 5.75 Å². The average Bonchev–Trinajstić information content (AvgIpc) is 2.91. The second-order valence-electron chi connectivity index (χ2n) is 4.38. The Kier molecular flexibility index (Phi) is 4.26. The standard InChI is InChI=1S/C15H14N2O2S2/c1-20-7-6-19-15-16-9-10-8-13(21-14(10)17-15)11-4-2-3-5-12(11)18/h2-5,8-9,18H,6-7H2,1H3. The summed E-state index contributed by atoms with van der Waals surface area (Å²) >= 11 is 3.24. The maximum absolute atomic E-state index is 9.93. The molecule has 0 fully saturated rings. The van der Waals surface area contributed by atoms with Gasteiger partial charge in [0.25, 0.3) is 0 Å². The second kappa shape index (κ2) is 6.32. The number of hydrogen-bond acceptors (Lipinski definition) is 6. The van der Waals surface area contributed by atoms with Gasteiger partial charge in [0.2, 0.25) is 0 Å². The van der Waals surface area contributed by atoms with Crippen LogP contribution < -0.4 is 4.74 Å². The lowest BCUT2D eigenvalue weighted by Gasteiger charge is -2.01. The quantitative estimate of drug-likeness (QED) is 0.725. The maximum Gasteiger partial charge on any atom is 0.317 e. The highest BCUT2D eigenvalue weighted by molar-refractivity contribution is 7.98. The molecule has 0 aliphatic rings. The normalized spacial score (nSPS) is 10.9. The molecule has 0 saturated carbocycles. The maximum atomic E-state index is 9.93. The van der Waals surface area contributed by atoms with Crippen LogP contribution in [0.2, 0.25) is 0 Å². The molecule has 2 aromatic heterocycles. The molecule has 0 aliphatic carbocycles. The molecule has 21 heavy (non-hydrogen) atoms. The van der Waals surface area contributed by atoms with Crippen molar-refractivity contribution in [2.24, 2.45) is 0 Å². The van der Waals surface area contributed by atoms with Crippen molar-refractivity contribution in [1.82, 2.24) is 9.97 Å². The molecule has 4 nitrogen and oxygen atoms in total. The molecule has 0 saturated heterocycles. The van der Waals surface area contributed by atoms with Crippen LogP contribution in [0.15, 0.2) is 36.5 Å². The third kappa shape index (κ3) is 3.11. The van der Waals surface area contributed by atoms with E-state index in [2.05, 4.69) is 9.97 Å². The van der Waals surface area contributed by atoms with Crippen molar-refractivity contribution in [1.29, 1.82) is 0 Å². The van der Waals surface area contributed by atoms with E-state index in [0.717, 1.165) is 26.4 Å². The van der Waals surface area contributed by atoms with Crippen molar-refractivity contribution in [2.45, 2.75) is 0 Å². The number of nitrogens with zero attached hydrogens (tertiary/aromatic N) is 2. The van der Waals surface area contributed by atoms with Crippen LogP contribution in [0.3, 0.4) is 0 Å². The smallest absolute Gasteiger partial charge is 0.317 e. The highest BCUT2D eigenvalue weighted by atomic mass is 32.2. The van der Waals surface area contributed by atoms with Crippen molar-refractivity contribution in [3.8, 4) is 22.2 Å². The molecule has 0 spiro atoms. The summed E-state index contributed by atoms with van der Waals surface area (Å²) in [5.41, 5.74) is 0.811. The third-order valence-electron chi connectivity index (χ3n) is 2.94. The van der Waals surface area contributed by atoms with Gasteiger partial charge in [0.1, 0.15) is 17.2 Å². The first-order chi connectivity index (χ1) is 10.3. The number of para-hydroxylation sites is 1. The number of fused-ring (bicyclic) bond motifs is 1. The molecule has 0 atom stereocenters. The first-order valence-corrected chi connectivity index (χ1v) is 8.65. The SMILES string of the molecule is CSCCOc1ncc2cc(-c3ccccc3O)sc2n1. The summed E-state index contributed by atoms with van der Waals surface area (Å²) in [6.07, 6.45) is 3.79. The van der Waals surface area contributed by atoms with Crippen molar-refractivity contribution < 1.29 is 9.84 Å². The van der Waals surface area contributed by atoms with Crippen LogP contribution in [0.5, 0.6) is 11.8 Å². The Morgan fingerprint density at radius 2 is 2.19 bits per heavy atom. The molecule has 3 aromatic rings. The number of benzene rings is 1. The van der Waals surface area contributed by atoms with Gasteiger partial charge in [-0.15, -0.1) is 11.3 Å². The van der Waals surface area contributed by atoms with E-state index in [4.69, 9.17) is 4.74 Å². The molecule has 2 heterocycles. The lowest BCUT2D eigenvalue weighted by Crippen LogP contribution is -2.02. The Bertz CT molecular complexity index is 758. The fraction of sp³-hybridized carbons (Fsp3) is 0.200. The molecular weight excluding hydrogens is 304 g/mol. The van der Waals surface area contributed by atoms with Gasteiger partial charge in [-0.2, -0.15) is 16.7 Å². The number of rotatable bonds is 5. The first kappa shape index (κ1) is 14.2. The molecule has 108 valence electrons. The van der Waals surface area contributed by atoms with Gasteiger partial charge in [0.05, 0.1) is 0 Å². The minimum absolute atomic E-state index is 0.272. The molecule has 0 amide bonds. The Hall–Kier alpha value is -1.79. The molecule has 6 heteroatoms. The molecular formula is C15H14N2O2S2. The molecule has 0 unspecified atom stereocenters. The summed E-state index contributed by atoms with van der Waals surface area (Å²) in [4.78, 5) is 10.5. The van der Waals surface area contributed by atoms with Gasteiger partial charge in [-0.3, -0.25) is 0 Å². The van der Waals surface area contributed by atoms with E-state index in [0.29, 0.717) is 12.6 Å². The van der Waals surface area contributed by atoms with Crippen LogP contribution in [0.1, 0.15) is 0 Å². The van der Waals surface area contributed by atoms with Crippen molar-refractivity contribution in [3.63, 3.8) is 0 Å². The summed E-state index contributed by atoms with van der Waals surface area (Å²) in [7, 11) is 0. The van der Waals surface area contributed by atoms with Crippen LogP contribution in [0.4, 0.5) is 0 Å². The number of phenols is 1. The molecule has 1 N–H and O–H groups in total. The Labute approximate surface area is 130 Å². The van der Waals surface area contributed by atoms with E-state index in [1.54, 1.807) is 24.0 Å². The zero-order valence-electron chi connectivity index (χ0n) is 11.4. The fourth-order valence-corrected chi connectivity index (χ4v) is 3.20. The Morgan fingerprint density at radius 3 is 3.00 bits per heavy atom. The van der Waals surface area contributed by atoms with E-state index in [9.17, 15) is 5.11 Å². The Balaban J connectivity index is 1.91. The van der Waals surface area contributed by atoms with Gasteiger partial charge in [-0.05, 0) is 24.5 Å². The molecule has 0 bridgehead atoms. The summed E-state index contributed by atoms with van der Waals surface area (Å²) in [5, 5.41) is 10.9. The summed E-state index contributed by atoms with van der Waals surface area (Å²) in [6, 6.07) is 9.68. The van der Waals surface area contributed by atoms with Crippen molar-refractivity contribution in [2.75, 3.05) is 18.6 Å². The number of phenolic OH excluding ortho intramolecular Hbond substituents is 1. The summed E-state index contributed by atoms with van der Waals surface area (Å²) in [5.74, 6) is 1.18. The first-order valence-electron chi connectivity index (χ1n) is 6.44. The number of aromatic nitrogens is 2. The zero-order valence-corrected chi connectivity index (χ0v) is 13.1. The van der Waals surface area contributed by atoms with Crippen LogP contribution in [-0.2, 0) is 0 Å². The Morgan fingerprint density at radius 1 is 1.33 bits per heavy atom. The van der Waals surface area contributed by atoms with E-state index >= 15 is 0 Å². The number of hydrogen-bond donors (Lipinski definition) is 1. The predicted octanol–water partition coefficient (Wildman–Crippen LogP) is 3.81. The third-order valence-corrected chi connectivity index (χ3v) is 4.59. The molecule has 0 radical (unpaired) electrons. The van der Waals surface area contributed by atoms with Gasteiger partial charge >= 0.3 is 6.01 Å². The van der Waals surface area contributed by atoms with Crippen LogP contribution >= 0.6 is 23.1 Å². The monoisotopic (exact) mass is 318 g/mol. The van der Waals surface area contributed by atoms with Gasteiger partial charge in [0.15, 0.2) is 0 Å². The number of thioether (sulfide) groups is 1. The predicted molar refractivity (Wildman–Crippen MR) is 88.4 cm³/mol.